The molecule has 0 unspecified atom stereocenters. The minimum atomic E-state index is -2.75. The second-order valence-electron chi connectivity index (χ2n) is 2.00. The van der Waals surface area contributed by atoms with Crippen LogP contribution in [0, 0.1) is 0 Å². The number of rotatable bonds is 3. The molecule has 62 valence electrons. The van der Waals surface area contributed by atoms with E-state index in [0.29, 0.717) is 0 Å². The summed E-state index contributed by atoms with van der Waals surface area (Å²) >= 11 is 0. The fraction of sp³-hybridized carbons (Fsp3) is 1.00. The summed E-state index contributed by atoms with van der Waals surface area (Å²) < 4.78 is 20.6. The minimum Gasteiger partial charge on any atom is -0.312 e. The van der Waals surface area contributed by atoms with E-state index in [-0.39, 0.29) is 23.0 Å². The molecular weight excluding hydrogens is 166 g/mol. The van der Waals surface area contributed by atoms with Crippen molar-refractivity contribution in [3.63, 3.8) is 0 Å². The lowest BCUT2D eigenvalue weighted by Crippen LogP contribution is -2.00. The largest absolute Gasteiger partial charge is 0.332 e. The molecule has 0 fully saturated rings. The summed E-state index contributed by atoms with van der Waals surface area (Å²) in [4.78, 5) is 0. The van der Waals surface area contributed by atoms with Crippen molar-refractivity contribution < 1.29 is 13.6 Å². The van der Waals surface area contributed by atoms with Gasteiger partial charge in [-0.25, -0.2) is 0 Å². The van der Waals surface area contributed by atoms with Gasteiger partial charge >= 0.3 is 7.60 Å². The summed E-state index contributed by atoms with van der Waals surface area (Å²) in [6.07, 6.45) is 0. The molecule has 0 saturated heterocycles. The van der Waals surface area contributed by atoms with Gasteiger partial charge in [0, 0.05) is 14.2 Å². The maximum Gasteiger partial charge on any atom is 0.332 e. The Hall–Kier alpha value is 0.682. The molecule has 0 N–H and O–H groups in total. The molecule has 0 atom stereocenters. The first kappa shape index (κ1) is 13.3. The van der Waals surface area contributed by atoms with Gasteiger partial charge in [-0.05, 0) is 0 Å². The Balaban J connectivity index is 0. The van der Waals surface area contributed by atoms with Gasteiger partial charge in [-0.15, -0.1) is 0 Å². The second kappa shape index (κ2) is 5.35. The van der Waals surface area contributed by atoms with Crippen LogP contribution in [0.5, 0.6) is 0 Å². The van der Waals surface area contributed by atoms with Crippen molar-refractivity contribution in [3.05, 3.63) is 0 Å². The first-order valence-electron chi connectivity index (χ1n) is 2.78. The first-order valence-corrected chi connectivity index (χ1v) is 4.39. The summed E-state index contributed by atoms with van der Waals surface area (Å²) in [7, 11) is 0.0332. The van der Waals surface area contributed by atoms with E-state index in [1.165, 1.54) is 14.2 Å². The van der Waals surface area contributed by atoms with E-state index in [1.54, 1.807) is 13.8 Å². The topological polar surface area (TPSA) is 35.5 Å². The van der Waals surface area contributed by atoms with E-state index < -0.39 is 7.60 Å². The van der Waals surface area contributed by atoms with Gasteiger partial charge in [0.25, 0.3) is 0 Å². The van der Waals surface area contributed by atoms with Crippen molar-refractivity contribution in [2.45, 2.75) is 19.5 Å². The van der Waals surface area contributed by atoms with Gasteiger partial charge in [-0.2, -0.15) is 0 Å². The normalized spacial score (nSPS) is 11.3. The highest BCUT2D eigenvalue weighted by Gasteiger charge is 2.25. The Morgan fingerprint density at radius 3 is 1.50 bits per heavy atom. The summed E-state index contributed by atoms with van der Waals surface area (Å²) in [5.74, 6) is 0. The van der Waals surface area contributed by atoms with E-state index in [9.17, 15) is 4.57 Å². The SMILES string of the molecule is COP(=O)(OC)C(C)C.[AlH3]. The van der Waals surface area contributed by atoms with Crippen LogP contribution in [0.4, 0.5) is 0 Å². The van der Waals surface area contributed by atoms with E-state index >= 15 is 0 Å². The minimum absolute atomic E-state index is 0. The summed E-state index contributed by atoms with van der Waals surface area (Å²) in [5.41, 5.74) is -0.0625. The Kier molecular flexibility index (Phi) is 7.10. The third kappa shape index (κ3) is 3.19. The van der Waals surface area contributed by atoms with Crippen LogP contribution in [0.3, 0.4) is 0 Å². The summed E-state index contributed by atoms with van der Waals surface area (Å²) in [6.45, 7) is 3.60. The van der Waals surface area contributed by atoms with Crippen molar-refractivity contribution >= 4 is 25.0 Å². The molecule has 0 aliphatic rings. The maximum atomic E-state index is 11.2. The van der Waals surface area contributed by atoms with Crippen molar-refractivity contribution in [3.8, 4) is 0 Å². The smallest absolute Gasteiger partial charge is 0.312 e. The van der Waals surface area contributed by atoms with Crippen LogP contribution in [0.1, 0.15) is 13.8 Å². The predicted octanol–water partition coefficient (Wildman–Crippen LogP) is 0.697. The molecule has 0 aliphatic heterocycles. The third-order valence-electron chi connectivity index (χ3n) is 1.14. The zero-order valence-corrected chi connectivity index (χ0v) is 7.14. The fourth-order valence-corrected chi connectivity index (χ4v) is 1.49. The standard InChI is InChI=1S/C5H13O3P.Al.3H/c1-5(2)9(6,7-3)8-4;;;;/h5H,1-4H3;;;;. The predicted molar refractivity (Wildman–Crippen MR) is 46.7 cm³/mol. The zero-order valence-electron chi connectivity index (χ0n) is 6.25. The second-order valence-corrected chi connectivity index (χ2v) is 4.84. The molecule has 3 nitrogen and oxygen atoms in total. The molecule has 0 heterocycles. The van der Waals surface area contributed by atoms with Crippen LogP contribution in [0.25, 0.3) is 0 Å². The Labute approximate surface area is 72.8 Å². The molecule has 0 amide bonds. The zero-order chi connectivity index (χ0) is 7.49. The van der Waals surface area contributed by atoms with Crippen LogP contribution in [-0.4, -0.2) is 37.2 Å². The Bertz CT molecular complexity index is 118. The molecule has 5 heteroatoms. The van der Waals surface area contributed by atoms with Gasteiger partial charge < -0.3 is 9.05 Å². The van der Waals surface area contributed by atoms with Gasteiger partial charge in [0.15, 0.2) is 17.4 Å². The molecule has 0 aromatic rings. The van der Waals surface area contributed by atoms with Crippen LogP contribution in [0.2, 0.25) is 0 Å². The van der Waals surface area contributed by atoms with Crippen LogP contribution in [0.15, 0.2) is 0 Å². The van der Waals surface area contributed by atoms with Gasteiger partial charge in [0.05, 0.1) is 5.66 Å². The molecule has 0 aromatic carbocycles. The van der Waals surface area contributed by atoms with Crippen molar-refractivity contribution in [1.82, 2.24) is 0 Å². The quantitative estimate of drug-likeness (QED) is 0.476. The van der Waals surface area contributed by atoms with Crippen LogP contribution >= 0.6 is 7.60 Å². The lowest BCUT2D eigenvalue weighted by molar-refractivity contribution is 0.269. The summed E-state index contributed by atoms with van der Waals surface area (Å²) in [6, 6.07) is 0. The highest BCUT2D eigenvalue weighted by Crippen LogP contribution is 2.50. The van der Waals surface area contributed by atoms with Gasteiger partial charge in [-0.1, -0.05) is 13.8 Å². The highest BCUT2D eigenvalue weighted by atomic mass is 31.2. The average molecular weight is 182 g/mol. The maximum absolute atomic E-state index is 11.2. The molecule has 0 aliphatic carbocycles. The third-order valence-corrected chi connectivity index (χ3v) is 3.42. The van der Waals surface area contributed by atoms with Crippen molar-refractivity contribution in [2.24, 2.45) is 0 Å². The van der Waals surface area contributed by atoms with E-state index in [1.807, 2.05) is 0 Å². The summed E-state index contributed by atoms with van der Waals surface area (Å²) in [5, 5.41) is 0. The molecule has 10 heavy (non-hydrogen) atoms. The Morgan fingerprint density at radius 1 is 1.20 bits per heavy atom. The average Bonchev–Trinajstić information content (AvgIpc) is 1.86. The van der Waals surface area contributed by atoms with Crippen LogP contribution in [-0.2, 0) is 13.6 Å². The fourth-order valence-electron chi connectivity index (χ4n) is 0.496. The molecule has 0 saturated carbocycles. The number of hydrogen-bond acceptors (Lipinski definition) is 3. The highest BCUT2D eigenvalue weighted by molar-refractivity contribution is 7.54. The van der Waals surface area contributed by atoms with E-state index in [0.717, 1.165) is 0 Å². The molecule has 0 rings (SSSR count). The first-order chi connectivity index (χ1) is 4.06. The Morgan fingerprint density at radius 2 is 1.50 bits per heavy atom. The lowest BCUT2D eigenvalue weighted by Gasteiger charge is -2.16. The van der Waals surface area contributed by atoms with Crippen LogP contribution < -0.4 is 0 Å². The van der Waals surface area contributed by atoms with Gasteiger partial charge in [0.1, 0.15) is 0 Å². The molecule has 0 spiro atoms. The van der Waals surface area contributed by atoms with Crippen molar-refractivity contribution in [1.29, 1.82) is 0 Å². The van der Waals surface area contributed by atoms with E-state index in [2.05, 4.69) is 9.05 Å². The molecule has 0 aromatic heterocycles. The van der Waals surface area contributed by atoms with E-state index in [4.69, 9.17) is 0 Å². The van der Waals surface area contributed by atoms with Crippen molar-refractivity contribution in [2.75, 3.05) is 14.2 Å². The molecule has 0 bridgehead atoms. The molecular formula is C5H16AlO3P. The van der Waals surface area contributed by atoms with Gasteiger partial charge in [0.2, 0.25) is 0 Å². The number of hydrogen-bond donors (Lipinski definition) is 0. The monoisotopic (exact) mass is 182 g/mol. The lowest BCUT2D eigenvalue weighted by atomic mass is 10.6. The molecule has 0 radical (unpaired) electrons. The van der Waals surface area contributed by atoms with Gasteiger partial charge in [-0.3, -0.25) is 4.57 Å².